The molecule has 3 rings (SSSR count). The van der Waals surface area contributed by atoms with Gasteiger partial charge in [0.1, 0.15) is 25.7 Å². The molecule has 0 aromatic heterocycles. The molecule has 0 aliphatic carbocycles. The smallest absolute Gasteiger partial charge is 0.231 e. The molecule has 2 N–H and O–H groups in total. The Bertz CT molecular complexity index is 725. The number of aryl methyl sites for hydroxylation is 2. The maximum atomic E-state index is 12.6. The van der Waals surface area contributed by atoms with E-state index in [0.717, 1.165) is 37.7 Å². The van der Waals surface area contributed by atoms with Crippen molar-refractivity contribution in [2.75, 3.05) is 38.6 Å². The van der Waals surface area contributed by atoms with Crippen LogP contribution in [-0.4, -0.2) is 44.5 Å². The highest BCUT2D eigenvalue weighted by atomic mass is 32.2. The second kappa shape index (κ2) is 9.93. The van der Waals surface area contributed by atoms with E-state index in [0.29, 0.717) is 5.75 Å². The van der Waals surface area contributed by atoms with Gasteiger partial charge in [-0.25, -0.2) is 0 Å². The van der Waals surface area contributed by atoms with Crippen LogP contribution < -0.4 is 10.2 Å². The van der Waals surface area contributed by atoms with Crippen molar-refractivity contribution in [3.05, 3.63) is 65.2 Å². The number of carbonyl (C=O) groups excluding carboxylic acids is 1. The van der Waals surface area contributed by atoms with Crippen LogP contribution in [-0.2, 0) is 9.53 Å². The zero-order valence-corrected chi connectivity index (χ0v) is 17.0. The molecule has 0 spiro atoms. The van der Waals surface area contributed by atoms with Gasteiger partial charge in [-0.15, -0.1) is 11.8 Å². The molecule has 1 fully saturated rings. The average molecular weight is 386 g/mol. The monoisotopic (exact) mass is 385 g/mol. The Labute approximate surface area is 166 Å². The third-order valence-electron chi connectivity index (χ3n) is 4.90. The lowest BCUT2D eigenvalue weighted by Gasteiger charge is -2.28. The standard InChI is InChI=1S/C22H28N2O2S/c1-17-3-7-19(8-4-17)21(15-24-11-13-26-14-12-24)23-22(25)16-27-20-9-5-18(2)6-10-20/h3-10,21H,11-16H2,1-2H3,(H,23,25)/p+1/t21-/m0/s1. The number of nitrogens with one attached hydrogen (secondary N) is 2. The molecule has 1 saturated heterocycles. The molecule has 0 bridgehead atoms. The molecular formula is C22H29N2O2S+. The van der Waals surface area contributed by atoms with Crippen LogP contribution in [0.3, 0.4) is 0 Å². The minimum atomic E-state index is 0.0322. The Morgan fingerprint density at radius 1 is 1.04 bits per heavy atom. The number of carbonyl (C=O) groups is 1. The zero-order valence-electron chi connectivity index (χ0n) is 16.2. The van der Waals surface area contributed by atoms with E-state index in [1.54, 1.807) is 11.8 Å². The maximum absolute atomic E-state index is 12.6. The van der Waals surface area contributed by atoms with E-state index in [9.17, 15) is 4.79 Å². The second-order valence-corrected chi connectivity index (χ2v) is 8.25. The average Bonchev–Trinajstić information content (AvgIpc) is 2.68. The van der Waals surface area contributed by atoms with Gasteiger partial charge in [-0.3, -0.25) is 4.79 Å². The Hall–Kier alpha value is -1.82. The summed E-state index contributed by atoms with van der Waals surface area (Å²) in [6.07, 6.45) is 0. The Morgan fingerprint density at radius 3 is 2.26 bits per heavy atom. The van der Waals surface area contributed by atoms with Gasteiger partial charge in [0.05, 0.1) is 19.0 Å². The van der Waals surface area contributed by atoms with Gasteiger partial charge in [0, 0.05) is 4.90 Å². The van der Waals surface area contributed by atoms with Crippen molar-refractivity contribution < 1.29 is 14.4 Å². The van der Waals surface area contributed by atoms with Crippen LogP contribution >= 0.6 is 11.8 Å². The Kier molecular flexibility index (Phi) is 7.33. The van der Waals surface area contributed by atoms with Gasteiger partial charge in [0.2, 0.25) is 5.91 Å². The Balaban J connectivity index is 1.61. The lowest BCUT2D eigenvalue weighted by Crippen LogP contribution is -3.14. The van der Waals surface area contributed by atoms with Crippen LogP contribution in [0.4, 0.5) is 0 Å². The Morgan fingerprint density at radius 2 is 1.63 bits per heavy atom. The van der Waals surface area contributed by atoms with Crippen LogP contribution in [0.25, 0.3) is 0 Å². The van der Waals surface area contributed by atoms with E-state index in [-0.39, 0.29) is 11.9 Å². The number of benzene rings is 2. The summed E-state index contributed by atoms with van der Waals surface area (Å²) in [5.74, 6) is 0.517. The first-order chi connectivity index (χ1) is 13.1. The first kappa shape index (κ1) is 19.9. The molecule has 1 heterocycles. The number of hydrogen-bond donors (Lipinski definition) is 2. The van der Waals surface area contributed by atoms with Gasteiger partial charge >= 0.3 is 0 Å². The fraction of sp³-hybridized carbons (Fsp3) is 0.409. The molecule has 27 heavy (non-hydrogen) atoms. The highest BCUT2D eigenvalue weighted by molar-refractivity contribution is 8.00. The van der Waals surface area contributed by atoms with Crippen LogP contribution in [0.15, 0.2) is 53.4 Å². The molecule has 5 heteroatoms. The van der Waals surface area contributed by atoms with Gasteiger partial charge in [0.25, 0.3) is 0 Å². The van der Waals surface area contributed by atoms with Gasteiger partial charge < -0.3 is 15.0 Å². The van der Waals surface area contributed by atoms with Crippen molar-refractivity contribution in [3.8, 4) is 0 Å². The summed E-state index contributed by atoms with van der Waals surface area (Å²) in [4.78, 5) is 15.2. The van der Waals surface area contributed by atoms with Gasteiger partial charge in [-0.1, -0.05) is 47.5 Å². The van der Waals surface area contributed by atoms with E-state index in [1.807, 2.05) is 0 Å². The molecule has 0 radical (unpaired) electrons. The fourth-order valence-corrected chi connectivity index (χ4v) is 3.93. The maximum Gasteiger partial charge on any atom is 0.231 e. The molecule has 2 aromatic rings. The topological polar surface area (TPSA) is 42.8 Å². The molecule has 0 unspecified atom stereocenters. The first-order valence-electron chi connectivity index (χ1n) is 9.57. The van der Waals surface area contributed by atoms with Crippen molar-refractivity contribution >= 4 is 17.7 Å². The summed E-state index contributed by atoms with van der Waals surface area (Å²) >= 11 is 1.58. The predicted molar refractivity (Wildman–Crippen MR) is 110 cm³/mol. The van der Waals surface area contributed by atoms with Crippen LogP contribution in [0.2, 0.25) is 0 Å². The molecule has 2 aromatic carbocycles. The second-order valence-electron chi connectivity index (χ2n) is 7.20. The van der Waals surface area contributed by atoms with E-state index in [4.69, 9.17) is 4.74 Å². The number of ether oxygens (including phenoxy) is 1. The summed E-state index contributed by atoms with van der Waals surface area (Å²) in [6.45, 7) is 8.64. The van der Waals surface area contributed by atoms with Crippen LogP contribution in [0.1, 0.15) is 22.7 Å². The minimum absolute atomic E-state index is 0.0322. The van der Waals surface area contributed by atoms with Crippen LogP contribution in [0.5, 0.6) is 0 Å². The minimum Gasteiger partial charge on any atom is -0.370 e. The largest absolute Gasteiger partial charge is 0.370 e. The van der Waals surface area contributed by atoms with Crippen molar-refractivity contribution in [2.24, 2.45) is 0 Å². The number of quaternary nitrogens is 1. The van der Waals surface area contributed by atoms with E-state index >= 15 is 0 Å². The molecule has 1 amide bonds. The molecule has 1 aliphatic rings. The highest BCUT2D eigenvalue weighted by Crippen LogP contribution is 2.19. The SMILES string of the molecule is Cc1ccc(SCC(=O)N[C@@H](C[NH+]2CCOCC2)c2ccc(C)cc2)cc1. The van der Waals surface area contributed by atoms with E-state index < -0.39 is 0 Å². The summed E-state index contributed by atoms with van der Waals surface area (Å²) in [5, 5.41) is 3.26. The molecule has 0 saturated carbocycles. The lowest BCUT2D eigenvalue weighted by molar-refractivity contribution is -0.909. The number of rotatable bonds is 7. The predicted octanol–water partition coefficient (Wildman–Crippen LogP) is 2.17. The third kappa shape index (κ3) is 6.38. The molecule has 144 valence electrons. The summed E-state index contributed by atoms with van der Waals surface area (Å²) in [7, 11) is 0. The van der Waals surface area contributed by atoms with Gasteiger partial charge in [-0.05, 0) is 31.5 Å². The lowest BCUT2D eigenvalue weighted by atomic mass is 10.0. The zero-order chi connectivity index (χ0) is 19.1. The van der Waals surface area contributed by atoms with E-state index in [2.05, 4.69) is 67.7 Å². The highest BCUT2D eigenvalue weighted by Gasteiger charge is 2.23. The number of morpholine rings is 1. The van der Waals surface area contributed by atoms with Gasteiger partial charge in [0.15, 0.2) is 0 Å². The molecular weight excluding hydrogens is 356 g/mol. The molecule has 4 nitrogen and oxygen atoms in total. The van der Waals surface area contributed by atoms with Crippen molar-refractivity contribution in [1.29, 1.82) is 0 Å². The molecule has 1 aliphatic heterocycles. The first-order valence-corrected chi connectivity index (χ1v) is 10.6. The number of hydrogen-bond acceptors (Lipinski definition) is 3. The normalized spacial score (nSPS) is 16.1. The van der Waals surface area contributed by atoms with Crippen LogP contribution in [0, 0.1) is 13.8 Å². The third-order valence-corrected chi connectivity index (χ3v) is 5.91. The summed E-state index contributed by atoms with van der Waals surface area (Å²) < 4.78 is 5.47. The number of thioether (sulfide) groups is 1. The van der Waals surface area contributed by atoms with Crippen molar-refractivity contribution in [3.63, 3.8) is 0 Å². The number of amides is 1. The van der Waals surface area contributed by atoms with Gasteiger partial charge in [-0.2, -0.15) is 0 Å². The summed E-state index contributed by atoms with van der Waals surface area (Å²) in [6, 6.07) is 16.8. The van der Waals surface area contributed by atoms with Crippen molar-refractivity contribution in [1.82, 2.24) is 5.32 Å². The fourth-order valence-electron chi connectivity index (χ4n) is 3.22. The summed E-state index contributed by atoms with van der Waals surface area (Å²) in [5.41, 5.74) is 3.64. The van der Waals surface area contributed by atoms with E-state index in [1.165, 1.54) is 21.6 Å². The molecule has 1 atom stereocenters. The van der Waals surface area contributed by atoms with Crippen molar-refractivity contribution in [2.45, 2.75) is 24.8 Å². The quantitative estimate of drug-likeness (QED) is 0.718.